The van der Waals surface area contributed by atoms with Crippen LogP contribution >= 0.6 is 11.6 Å². The number of piperidine rings is 1. The minimum absolute atomic E-state index is 0.242. The van der Waals surface area contributed by atoms with Crippen molar-refractivity contribution in [2.75, 3.05) is 13.1 Å². The molecule has 1 aliphatic rings. The lowest BCUT2D eigenvalue weighted by molar-refractivity contribution is 0.0235. The maximum Gasteiger partial charge on any atom is 0.125 e. The van der Waals surface area contributed by atoms with Crippen molar-refractivity contribution in [1.82, 2.24) is 14.9 Å². The summed E-state index contributed by atoms with van der Waals surface area (Å²) in [5.74, 6) is 1.05. The lowest BCUT2D eigenvalue weighted by Gasteiger charge is -2.36. The van der Waals surface area contributed by atoms with Crippen LogP contribution in [0.3, 0.4) is 0 Å². The Morgan fingerprint density at radius 2 is 2.04 bits per heavy atom. The van der Waals surface area contributed by atoms with Crippen molar-refractivity contribution >= 4 is 11.6 Å². The molecule has 1 N–H and O–H groups in total. The number of aryl methyl sites for hydroxylation is 1. The Kier molecular flexibility index (Phi) is 5.26. The normalized spacial score (nSPS) is 22.2. The zero-order valence-corrected chi connectivity index (χ0v) is 14.1. The zero-order valence-electron chi connectivity index (χ0n) is 13.3. The minimum Gasteiger partial charge on any atom is -0.393 e. The lowest BCUT2D eigenvalue weighted by atomic mass is 9.88. The third-order valence-electron chi connectivity index (χ3n) is 4.41. The van der Waals surface area contributed by atoms with Crippen molar-refractivity contribution in [3.8, 4) is 0 Å². The molecule has 122 valence electrons. The molecule has 0 radical (unpaired) electrons. The Bertz CT molecular complexity index is 647. The van der Waals surface area contributed by atoms with Gasteiger partial charge in [-0.15, -0.1) is 0 Å². The molecule has 2 heterocycles. The molecule has 1 saturated heterocycles. The highest BCUT2D eigenvalue weighted by Crippen LogP contribution is 2.23. The summed E-state index contributed by atoms with van der Waals surface area (Å²) in [6, 6.07) is 9.87. The number of likely N-dealkylation sites (tertiary alicyclic amines) is 1. The van der Waals surface area contributed by atoms with Gasteiger partial charge in [0.15, 0.2) is 0 Å². The van der Waals surface area contributed by atoms with Crippen LogP contribution < -0.4 is 0 Å². The van der Waals surface area contributed by atoms with Gasteiger partial charge in [0.25, 0.3) is 0 Å². The molecule has 3 rings (SSSR count). The fourth-order valence-corrected chi connectivity index (χ4v) is 3.31. The number of halogens is 1. The molecule has 0 bridgehead atoms. The van der Waals surface area contributed by atoms with E-state index in [-0.39, 0.29) is 12.0 Å². The fourth-order valence-electron chi connectivity index (χ4n) is 3.18. The van der Waals surface area contributed by atoms with Gasteiger partial charge in [-0.1, -0.05) is 23.7 Å². The van der Waals surface area contributed by atoms with Crippen LogP contribution in [-0.2, 0) is 13.0 Å². The molecule has 0 spiro atoms. The molecule has 1 aliphatic heterocycles. The summed E-state index contributed by atoms with van der Waals surface area (Å²) in [6.07, 6.45) is 3.25. The second kappa shape index (κ2) is 7.39. The second-order valence-corrected chi connectivity index (χ2v) is 6.71. The van der Waals surface area contributed by atoms with Gasteiger partial charge in [0, 0.05) is 36.8 Å². The fraction of sp³-hybridized carbons (Fsp3) is 0.444. The number of hydrogen-bond donors (Lipinski definition) is 1. The Morgan fingerprint density at radius 1 is 1.26 bits per heavy atom. The highest BCUT2D eigenvalue weighted by atomic mass is 35.5. The molecular formula is C18H22ClN3O. The zero-order chi connectivity index (χ0) is 16.2. The van der Waals surface area contributed by atoms with E-state index in [1.54, 1.807) is 0 Å². The molecule has 4 nitrogen and oxygen atoms in total. The summed E-state index contributed by atoms with van der Waals surface area (Å²) in [5.41, 5.74) is 2.26. The van der Waals surface area contributed by atoms with Gasteiger partial charge in [-0.05, 0) is 43.5 Å². The molecular weight excluding hydrogens is 310 g/mol. The van der Waals surface area contributed by atoms with Gasteiger partial charge in [0.2, 0.25) is 0 Å². The van der Waals surface area contributed by atoms with E-state index >= 15 is 0 Å². The van der Waals surface area contributed by atoms with Gasteiger partial charge in [0.05, 0.1) is 11.8 Å². The van der Waals surface area contributed by atoms with Crippen molar-refractivity contribution < 1.29 is 5.11 Å². The van der Waals surface area contributed by atoms with Crippen LogP contribution in [0.1, 0.15) is 23.5 Å². The van der Waals surface area contributed by atoms with Crippen LogP contribution in [0.25, 0.3) is 0 Å². The standard InChI is InChI=1S/C18H22ClN3O/c1-13-20-8-6-17(21-13)12-22-9-7-18(23)15(11-22)10-14-2-4-16(19)5-3-14/h2-6,8,15,18,23H,7,9-12H2,1H3/t15-,18+/m1/s1. The Labute approximate surface area is 142 Å². The van der Waals surface area contributed by atoms with E-state index in [2.05, 4.69) is 14.9 Å². The Balaban J connectivity index is 1.63. The first-order valence-corrected chi connectivity index (χ1v) is 8.41. The molecule has 0 amide bonds. The molecule has 2 atom stereocenters. The van der Waals surface area contributed by atoms with Gasteiger partial charge >= 0.3 is 0 Å². The monoisotopic (exact) mass is 331 g/mol. The molecule has 0 unspecified atom stereocenters. The maximum absolute atomic E-state index is 10.3. The largest absolute Gasteiger partial charge is 0.393 e. The van der Waals surface area contributed by atoms with Gasteiger partial charge in [0.1, 0.15) is 5.82 Å². The summed E-state index contributed by atoms with van der Waals surface area (Å²) in [4.78, 5) is 11.0. The van der Waals surface area contributed by atoms with Crippen molar-refractivity contribution in [1.29, 1.82) is 0 Å². The quantitative estimate of drug-likeness (QED) is 0.936. The van der Waals surface area contributed by atoms with Crippen molar-refractivity contribution in [3.63, 3.8) is 0 Å². The first-order chi connectivity index (χ1) is 11.1. The predicted molar refractivity (Wildman–Crippen MR) is 91.3 cm³/mol. The summed E-state index contributed by atoms with van der Waals surface area (Å²) >= 11 is 5.94. The third-order valence-corrected chi connectivity index (χ3v) is 4.66. The number of aliphatic hydroxyl groups excluding tert-OH is 1. The Morgan fingerprint density at radius 3 is 2.78 bits per heavy atom. The van der Waals surface area contributed by atoms with E-state index in [0.717, 1.165) is 49.0 Å². The number of rotatable bonds is 4. The molecule has 0 aliphatic carbocycles. The molecule has 2 aromatic rings. The second-order valence-electron chi connectivity index (χ2n) is 6.28. The van der Waals surface area contributed by atoms with Crippen LogP contribution in [0.4, 0.5) is 0 Å². The van der Waals surface area contributed by atoms with Crippen molar-refractivity contribution in [2.24, 2.45) is 5.92 Å². The number of benzene rings is 1. The number of hydrogen-bond acceptors (Lipinski definition) is 4. The summed E-state index contributed by atoms with van der Waals surface area (Å²) in [5, 5.41) is 11.1. The SMILES string of the molecule is Cc1nccc(CN2CC[C@H](O)[C@H](Cc3ccc(Cl)cc3)C2)n1. The maximum atomic E-state index is 10.3. The van der Waals surface area contributed by atoms with Crippen molar-refractivity contribution in [3.05, 3.63) is 58.6 Å². The first-order valence-electron chi connectivity index (χ1n) is 8.03. The van der Waals surface area contributed by atoms with Gasteiger partial charge < -0.3 is 5.11 Å². The summed E-state index contributed by atoms with van der Waals surface area (Å²) in [6.45, 7) is 4.51. The average Bonchev–Trinajstić information content (AvgIpc) is 2.53. The van der Waals surface area contributed by atoms with Gasteiger partial charge in [-0.2, -0.15) is 0 Å². The van der Waals surface area contributed by atoms with E-state index in [4.69, 9.17) is 11.6 Å². The van der Waals surface area contributed by atoms with Crippen LogP contribution in [0.5, 0.6) is 0 Å². The predicted octanol–water partition coefficient (Wildman–Crippen LogP) is 2.86. The average molecular weight is 332 g/mol. The highest BCUT2D eigenvalue weighted by molar-refractivity contribution is 6.30. The number of aliphatic hydroxyl groups is 1. The summed E-state index contributed by atoms with van der Waals surface area (Å²) in [7, 11) is 0. The van der Waals surface area contributed by atoms with Gasteiger partial charge in [-0.25, -0.2) is 9.97 Å². The summed E-state index contributed by atoms with van der Waals surface area (Å²) < 4.78 is 0. The van der Waals surface area contributed by atoms with Crippen molar-refractivity contribution in [2.45, 2.75) is 32.4 Å². The van der Waals surface area contributed by atoms with E-state index in [0.29, 0.717) is 0 Å². The van der Waals surface area contributed by atoms with Crippen LogP contribution in [0.2, 0.25) is 5.02 Å². The molecule has 0 saturated carbocycles. The number of aromatic nitrogens is 2. The topological polar surface area (TPSA) is 49.2 Å². The van der Waals surface area contributed by atoms with E-state index < -0.39 is 0 Å². The van der Waals surface area contributed by atoms with Crippen LogP contribution in [-0.4, -0.2) is 39.2 Å². The first kappa shape index (κ1) is 16.4. The van der Waals surface area contributed by atoms with Crippen LogP contribution in [0, 0.1) is 12.8 Å². The minimum atomic E-state index is -0.242. The molecule has 5 heteroatoms. The molecule has 1 fully saturated rings. The lowest BCUT2D eigenvalue weighted by Crippen LogP contribution is -2.43. The molecule has 23 heavy (non-hydrogen) atoms. The van der Waals surface area contributed by atoms with E-state index in [9.17, 15) is 5.11 Å². The number of nitrogens with zero attached hydrogens (tertiary/aromatic N) is 3. The smallest absolute Gasteiger partial charge is 0.125 e. The van der Waals surface area contributed by atoms with Crippen LogP contribution in [0.15, 0.2) is 36.5 Å². The van der Waals surface area contributed by atoms with Gasteiger partial charge in [-0.3, -0.25) is 4.90 Å². The van der Waals surface area contributed by atoms with E-state index in [1.165, 1.54) is 5.56 Å². The Hall–Kier alpha value is -1.49. The highest BCUT2D eigenvalue weighted by Gasteiger charge is 2.28. The van der Waals surface area contributed by atoms with E-state index in [1.807, 2.05) is 43.5 Å². The molecule has 1 aromatic heterocycles. The molecule has 1 aromatic carbocycles. The third kappa shape index (κ3) is 4.50.